The fraction of sp³-hybridized carbons (Fsp3) is 0.333. The summed E-state index contributed by atoms with van der Waals surface area (Å²) in [4.78, 5) is 24.2. The molecule has 162 valence electrons. The molecule has 2 aromatic rings. The molecule has 0 aromatic heterocycles. The van der Waals surface area contributed by atoms with Crippen LogP contribution in [0.5, 0.6) is 11.5 Å². The molecular formula is C21H23BrCl2N2O4. The summed E-state index contributed by atoms with van der Waals surface area (Å²) in [6, 6.07) is 10.3. The van der Waals surface area contributed by atoms with Crippen LogP contribution < -0.4 is 20.3 Å². The molecular weight excluding hydrogens is 495 g/mol. The summed E-state index contributed by atoms with van der Waals surface area (Å²) in [7, 11) is 0. The maximum absolute atomic E-state index is 12.2. The Morgan fingerprint density at radius 3 is 2.37 bits per heavy atom. The van der Waals surface area contributed by atoms with Gasteiger partial charge in [0.1, 0.15) is 11.5 Å². The first-order valence-corrected chi connectivity index (χ1v) is 10.7. The van der Waals surface area contributed by atoms with E-state index >= 15 is 0 Å². The van der Waals surface area contributed by atoms with E-state index in [0.717, 1.165) is 10.0 Å². The molecule has 2 rings (SSSR count). The van der Waals surface area contributed by atoms with Crippen LogP contribution in [0.2, 0.25) is 10.0 Å². The van der Waals surface area contributed by atoms with Crippen LogP contribution in [0.15, 0.2) is 40.9 Å². The van der Waals surface area contributed by atoms with Crippen molar-refractivity contribution in [1.29, 1.82) is 0 Å². The van der Waals surface area contributed by atoms with Gasteiger partial charge in [-0.25, -0.2) is 0 Å². The number of ether oxygens (including phenoxy) is 2. The van der Waals surface area contributed by atoms with Crippen LogP contribution in [0, 0.1) is 0 Å². The van der Waals surface area contributed by atoms with Crippen molar-refractivity contribution >= 4 is 50.9 Å². The molecule has 1 atom stereocenters. The second-order valence-electron chi connectivity index (χ2n) is 7.55. The average Bonchev–Trinajstić information content (AvgIpc) is 2.66. The molecule has 2 amide bonds. The monoisotopic (exact) mass is 516 g/mol. The minimum atomic E-state index is -0.899. The van der Waals surface area contributed by atoms with E-state index in [1.54, 1.807) is 18.2 Å². The van der Waals surface area contributed by atoms with Crippen molar-refractivity contribution in [2.75, 3.05) is 6.61 Å². The molecule has 0 fully saturated rings. The Balaban J connectivity index is 1.87. The first kappa shape index (κ1) is 24.3. The minimum absolute atomic E-state index is 0.167. The highest BCUT2D eigenvalue weighted by Crippen LogP contribution is 2.33. The van der Waals surface area contributed by atoms with Crippen molar-refractivity contribution in [1.82, 2.24) is 10.9 Å². The number of hydrazine groups is 1. The first-order chi connectivity index (χ1) is 14.0. The fourth-order valence-corrected chi connectivity index (χ4v) is 3.26. The Morgan fingerprint density at radius 2 is 1.73 bits per heavy atom. The van der Waals surface area contributed by atoms with Gasteiger partial charge < -0.3 is 9.47 Å². The molecule has 2 aromatic carbocycles. The lowest BCUT2D eigenvalue weighted by molar-refractivity contribution is -0.133. The molecule has 0 radical (unpaired) electrons. The van der Waals surface area contributed by atoms with E-state index in [0.29, 0.717) is 16.5 Å². The van der Waals surface area contributed by atoms with Crippen LogP contribution in [0.3, 0.4) is 0 Å². The molecule has 0 aliphatic carbocycles. The quantitative estimate of drug-likeness (QED) is 0.526. The largest absolute Gasteiger partial charge is 0.483 e. The molecule has 0 aliphatic rings. The van der Waals surface area contributed by atoms with Crippen molar-refractivity contribution in [3.63, 3.8) is 0 Å². The zero-order chi connectivity index (χ0) is 22.5. The number of carbonyl (C=O) groups is 2. The van der Waals surface area contributed by atoms with Gasteiger partial charge in [-0.05, 0) is 48.7 Å². The van der Waals surface area contributed by atoms with Gasteiger partial charge in [0.05, 0.1) is 5.02 Å². The topological polar surface area (TPSA) is 76.7 Å². The van der Waals surface area contributed by atoms with Crippen LogP contribution in [-0.4, -0.2) is 24.5 Å². The number of hydrogen-bond acceptors (Lipinski definition) is 4. The van der Waals surface area contributed by atoms with Gasteiger partial charge in [0, 0.05) is 15.1 Å². The lowest BCUT2D eigenvalue weighted by atomic mass is 9.86. The van der Waals surface area contributed by atoms with Crippen molar-refractivity contribution in [3.8, 4) is 11.5 Å². The summed E-state index contributed by atoms with van der Waals surface area (Å²) in [6.45, 7) is 7.42. The molecule has 30 heavy (non-hydrogen) atoms. The maximum Gasteiger partial charge on any atom is 0.279 e. The highest BCUT2D eigenvalue weighted by molar-refractivity contribution is 9.10. The van der Waals surface area contributed by atoms with E-state index in [9.17, 15) is 9.59 Å². The number of benzene rings is 2. The Morgan fingerprint density at radius 1 is 1.07 bits per heavy atom. The molecule has 0 saturated heterocycles. The van der Waals surface area contributed by atoms with E-state index in [4.69, 9.17) is 32.7 Å². The molecule has 2 N–H and O–H groups in total. The van der Waals surface area contributed by atoms with Gasteiger partial charge in [-0.3, -0.25) is 20.4 Å². The lowest BCUT2D eigenvalue weighted by Crippen LogP contribution is -2.48. The second-order valence-corrected chi connectivity index (χ2v) is 9.31. The molecule has 0 aliphatic heterocycles. The number of rotatable bonds is 6. The summed E-state index contributed by atoms with van der Waals surface area (Å²) in [5.41, 5.74) is 5.40. The van der Waals surface area contributed by atoms with Gasteiger partial charge in [0.2, 0.25) is 0 Å². The van der Waals surface area contributed by atoms with E-state index in [1.165, 1.54) is 13.0 Å². The molecule has 0 saturated carbocycles. The van der Waals surface area contributed by atoms with Crippen LogP contribution >= 0.6 is 39.1 Å². The zero-order valence-corrected chi connectivity index (χ0v) is 20.1. The maximum atomic E-state index is 12.2. The number of nitrogens with one attached hydrogen (secondary N) is 2. The molecule has 0 heterocycles. The standard InChI is InChI=1S/C21H23BrCl2N2O4/c1-12(30-18-8-6-14(23)10-16(18)24)20(28)26-25-19(27)11-29-17-7-5-13(22)9-15(17)21(2,3)4/h5-10,12H,11H2,1-4H3,(H,25,27)(H,26,28). The normalized spacial score (nSPS) is 12.1. The molecule has 6 nitrogen and oxygen atoms in total. The summed E-state index contributed by atoms with van der Waals surface area (Å²) in [5, 5.41) is 0.737. The van der Waals surface area contributed by atoms with Crippen LogP contribution in [-0.2, 0) is 15.0 Å². The summed E-state index contributed by atoms with van der Waals surface area (Å²) < 4.78 is 12.1. The second kappa shape index (κ2) is 10.4. The van der Waals surface area contributed by atoms with E-state index in [-0.39, 0.29) is 17.0 Å². The molecule has 9 heteroatoms. The van der Waals surface area contributed by atoms with Crippen LogP contribution in [0.1, 0.15) is 33.3 Å². The average molecular weight is 518 g/mol. The van der Waals surface area contributed by atoms with E-state index in [2.05, 4.69) is 47.6 Å². The smallest absolute Gasteiger partial charge is 0.279 e. The molecule has 1 unspecified atom stereocenters. The van der Waals surface area contributed by atoms with Crippen LogP contribution in [0.4, 0.5) is 0 Å². The molecule has 0 spiro atoms. The van der Waals surface area contributed by atoms with Crippen molar-refractivity contribution in [3.05, 3.63) is 56.5 Å². The summed E-state index contributed by atoms with van der Waals surface area (Å²) in [6.07, 6.45) is -0.899. The third-order valence-corrected chi connectivity index (χ3v) is 5.02. The first-order valence-electron chi connectivity index (χ1n) is 9.10. The zero-order valence-electron chi connectivity index (χ0n) is 17.0. The van der Waals surface area contributed by atoms with Crippen molar-refractivity contribution in [2.24, 2.45) is 0 Å². The number of halogens is 3. The van der Waals surface area contributed by atoms with Crippen LogP contribution in [0.25, 0.3) is 0 Å². The fourth-order valence-electron chi connectivity index (χ4n) is 2.44. The number of amides is 2. The Kier molecular flexibility index (Phi) is 8.41. The van der Waals surface area contributed by atoms with Gasteiger partial charge in [-0.15, -0.1) is 0 Å². The number of hydrogen-bond donors (Lipinski definition) is 2. The third kappa shape index (κ3) is 7.07. The third-order valence-electron chi connectivity index (χ3n) is 4.00. The number of carbonyl (C=O) groups excluding carboxylic acids is 2. The highest BCUT2D eigenvalue weighted by atomic mass is 79.9. The minimum Gasteiger partial charge on any atom is -0.483 e. The van der Waals surface area contributed by atoms with E-state index < -0.39 is 17.9 Å². The van der Waals surface area contributed by atoms with Crippen molar-refractivity contribution < 1.29 is 19.1 Å². The van der Waals surface area contributed by atoms with E-state index in [1.807, 2.05) is 12.1 Å². The molecule has 0 bridgehead atoms. The highest BCUT2D eigenvalue weighted by Gasteiger charge is 2.21. The van der Waals surface area contributed by atoms with Gasteiger partial charge >= 0.3 is 0 Å². The van der Waals surface area contributed by atoms with Gasteiger partial charge in [-0.2, -0.15) is 0 Å². The predicted octanol–water partition coefficient (Wildman–Crippen LogP) is 5.05. The van der Waals surface area contributed by atoms with Gasteiger partial charge in [0.25, 0.3) is 11.8 Å². The Hall–Kier alpha value is -1.96. The Bertz CT molecular complexity index is 932. The summed E-state index contributed by atoms with van der Waals surface area (Å²) in [5.74, 6) is -0.152. The summed E-state index contributed by atoms with van der Waals surface area (Å²) >= 11 is 15.3. The van der Waals surface area contributed by atoms with Gasteiger partial charge in [-0.1, -0.05) is 59.9 Å². The van der Waals surface area contributed by atoms with Gasteiger partial charge in [0.15, 0.2) is 12.7 Å². The SMILES string of the molecule is CC(Oc1ccc(Cl)cc1Cl)C(=O)NNC(=O)COc1ccc(Br)cc1C(C)(C)C. The predicted molar refractivity (Wildman–Crippen MR) is 121 cm³/mol. The Labute approximate surface area is 194 Å². The van der Waals surface area contributed by atoms with Crippen molar-refractivity contribution in [2.45, 2.75) is 39.2 Å². The lowest BCUT2D eigenvalue weighted by Gasteiger charge is -2.23.